The van der Waals surface area contributed by atoms with Crippen molar-refractivity contribution in [2.45, 2.75) is 31.3 Å². The Hall–Kier alpha value is -3.00. The summed E-state index contributed by atoms with van der Waals surface area (Å²) >= 11 is 1.53. The number of carboxylic acids is 1. The van der Waals surface area contributed by atoms with Crippen LogP contribution in [0.3, 0.4) is 0 Å². The Kier molecular flexibility index (Phi) is 6.69. The van der Waals surface area contributed by atoms with Gasteiger partial charge in [-0.3, -0.25) is 4.79 Å². The van der Waals surface area contributed by atoms with Gasteiger partial charge in [-0.1, -0.05) is 48.5 Å². The summed E-state index contributed by atoms with van der Waals surface area (Å²) in [7, 11) is 0. The molecule has 1 saturated heterocycles. The molecule has 1 fully saturated rings. The van der Waals surface area contributed by atoms with Crippen molar-refractivity contribution >= 4 is 29.7 Å². The first-order valence-corrected chi connectivity index (χ1v) is 11.8. The van der Waals surface area contributed by atoms with Gasteiger partial charge in [0.05, 0.1) is 0 Å². The standard InChI is InChI=1S/C24H26N2O5S/c1-15(12-22(27)26-10-11-32-14-21(26)23(28)29)25-24(30)31-13-20-18-8-4-2-6-16(18)17-7-3-5-9-19(17)20/h2-9,15,20-21H,10-14H2,1H3,(H,25,30)(H,28,29)/t15-,21?/m1/s1. The van der Waals surface area contributed by atoms with Gasteiger partial charge in [0.1, 0.15) is 12.6 Å². The van der Waals surface area contributed by atoms with Gasteiger partial charge in [0.25, 0.3) is 0 Å². The van der Waals surface area contributed by atoms with E-state index in [4.69, 9.17) is 4.74 Å². The van der Waals surface area contributed by atoms with Gasteiger partial charge >= 0.3 is 12.1 Å². The van der Waals surface area contributed by atoms with Crippen LogP contribution in [0.2, 0.25) is 0 Å². The summed E-state index contributed by atoms with van der Waals surface area (Å²) in [5.74, 6) is -0.210. The molecule has 168 valence electrons. The zero-order chi connectivity index (χ0) is 22.7. The van der Waals surface area contributed by atoms with E-state index in [0.717, 1.165) is 22.3 Å². The van der Waals surface area contributed by atoms with Gasteiger partial charge in [-0.25, -0.2) is 9.59 Å². The SMILES string of the molecule is C[C@H](CC(=O)N1CCSCC1C(=O)O)NC(=O)OCC1c2ccccc2-c2ccccc21. The highest BCUT2D eigenvalue weighted by molar-refractivity contribution is 7.99. The summed E-state index contributed by atoms with van der Waals surface area (Å²) in [6, 6.07) is 14.9. The van der Waals surface area contributed by atoms with Crippen molar-refractivity contribution in [2.75, 3.05) is 24.7 Å². The van der Waals surface area contributed by atoms with Crippen LogP contribution in [0.5, 0.6) is 0 Å². The van der Waals surface area contributed by atoms with Gasteiger partial charge in [0.15, 0.2) is 0 Å². The lowest BCUT2D eigenvalue weighted by Gasteiger charge is -2.33. The van der Waals surface area contributed by atoms with Crippen molar-refractivity contribution in [2.24, 2.45) is 0 Å². The van der Waals surface area contributed by atoms with Crippen molar-refractivity contribution < 1.29 is 24.2 Å². The summed E-state index contributed by atoms with van der Waals surface area (Å²) in [6.07, 6.45) is -0.560. The van der Waals surface area contributed by atoms with Crippen LogP contribution in [-0.4, -0.2) is 64.7 Å². The molecular weight excluding hydrogens is 428 g/mol. The van der Waals surface area contributed by atoms with E-state index >= 15 is 0 Å². The van der Waals surface area contributed by atoms with E-state index in [1.165, 1.54) is 16.7 Å². The predicted octanol–water partition coefficient (Wildman–Crippen LogP) is 3.33. The zero-order valence-corrected chi connectivity index (χ0v) is 18.6. The number of amides is 2. The molecule has 0 radical (unpaired) electrons. The minimum Gasteiger partial charge on any atom is -0.480 e. The third-order valence-electron chi connectivity index (χ3n) is 5.92. The van der Waals surface area contributed by atoms with Gasteiger partial charge in [-0.15, -0.1) is 0 Å². The highest BCUT2D eigenvalue weighted by atomic mass is 32.2. The third kappa shape index (κ3) is 4.60. The Morgan fingerprint density at radius 1 is 1.12 bits per heavy atom. The number of carbonyl (C=O) groups is 3. The number of hydrogen-bond donors (Lipinski definition) is 2. The van der Waals surface area contributed by atoms with Crippen LogP contribution < -0.4 is 5.32 Å². The topological polar surface area (TPSA) is 95.9 Å². The number of benzene rings is 2. The van der Waals surface area contributed by atoms with Crippen molar-refractivity contribution in [3.8, 4) is 11.1 Å². The van der Waals surface area contributed by atoms with E-state index in [-0.39, 0.29) is 24.9 Å². The zero-order valence-electron chi connectivity index (χ0n) is 17.8. The Bertz CT molecular complexity index is 981. The minimum atomic E-state index is -0.998. The number of nitrogens with one attached hydrogen (secondary N) is 1. The molecule has 2 N–H and O–H groups in total. The molecule has 4 rings (SSSR count). The number of fused-ring (bicyclic) bond motifs is 3. The number of rotatable bonds is 6. The molecule has 2 atom stereocenters. The molecule has 2 amide bonds. The molecule has 0 saturated carbocycles. The maximum atomic E-state index is 12.6. The molecule has 2 aliphatic rings. The lowest BCUT2D eigenvalue weighted by Crippen LogP contribution is -2.51. The quantitative estimate of drug-likeness (QED) is 0.695. The van der Waals surface area contributed by atoms with Gasteiger partial charge in [-0.2, -0.15) is 11.8 Å². The molecule has 0 spiro atoms. The van der Waals surface area contributed by atoms with Gasteiger partial charge < -0.3 is 20.1 Å². The lowest BCUT2D eigenvalue weighted by molar-refractivity contribution is -0.149. The van der Waals surface area contributed by atoms with Crippen LogP contribution in [0.1, 0.15) is 30.4 Å². The van der Waals surface area contributed by atoms with Crippen LogP contribution in [0.15, 0.2) is 48.5 Å². The average Bonchev–Trinajstić information content (AvgIpc) is 3.11. The molecule has 8 heteroatoms. The second kappa shape index (κ2) is 9.65. The summed E-state index contributed by atoms with van der Waals surface area (Å²) in [4.78, 5) is 37.8. The number of thioether (sulfide) groups is 1. The minimum absolute atomic E-state index is 0.0264. The monoisotopic (exact) mass is 454 g/mol. The third-order valence-corrected chi connectivity index (χ3v) is 6.95. The average molecular weight is 455 g/mol. The van der Waals surface area contributed by atoms with Gasteiger partial charge in [-0.05, 0) is 29.2 Å². The van der Waals surface area contributed by atoms with E-state index in [9.17, 15) is 19.5 Å². The van der Waals surface area contributed by atoms with E-state index in [0.29, 0.717) is 18.1 Å². The summed E-state index contributed by atoms with van der Waals surface area (Å²) in [5.41, 5.74) is 4.58. The number of hydrogen-bond acceptors (Lipinski definition) is 5. The fraction of sp³-hybridized carbons (Fsp3) is 0.375. The second-order valence-corrected chi connectivity index (χ2v) is 9.24. The first-order chi connectivity index (χ1) is 15.5. The summed E-state index contributed by atoms with van der Waals surface area (Å²) in [6.45, 7) is 2.32. The lowest BCUT2D eigenvalue weighted by atomic mass is 9.98. The number of carboxylic acid groups (broad SMARTS) is 1. The molecule has 2 aromatic rings. The smallest absolute Gasteiger partial charge is 0.407 e. The van der Waals surface area contributed by atoms with Gasteiger partial charge in [0, 0.05) is 36.4 Å². The number of alkyl carbamates (subject to hydrolysis) is 1. The molecule has 2 aromatic carbocycles. The largest absolute Gasteiger partial charge is 0.480 e. The van der Waals surface area contributed by atoms with E-state index < -0.39 is 24.1 Å². The number of aliphatic carboxylic acids is 1. The van der Waals surface area contributed by atoms with Crippen molar-refractivity contribution in [1.82, 2.24) is 10.2 Å². The summed E-state index contributed by atoms with van der Waals surface area (Å²) < 4.78 is 5.52. The summed E-state index contributed by atoms with van der Waals surface area (Å²) in [5, 5.41) is 12.1. The Balaban J connectivity index is 1.32. The normalized spacial score (nSPS) is 18.4. The van der Waals surface area contributed by atoms with Gasteiger partial charge in [0.2, 0.25) is 5.91 Å². The predicted molar refractivity (Wildman–Crippen MR) is 123 cm³/mol. The Morgan fingerprint density at radius 2 is 1.75 bits per heavy atom. The number of ether oxygens (including phenoxy) is 1. The molecule has 32 heavy (non-hydrogen) atoms. The molecule has 0 bridgehead atoms. The molecule has 1 heterocycles. The highest BCUT2D eigenvalue weighted by Crippen LogP contribution is 2.44. The fourth-order valence-corrected chi connectivity index (χ4v) is 5.42. The van der Waals surface area contributed by atoms with Crippen molar-refractivity contribution in [3.05, 3.63) is 59.7 Å². The highest BCUT2D eigenvalue weighted by Gasteiger charge is 2.33. The second-order valence-electron chi connectivity index (χ2n) is 8.09. The van der Waals surface area contributed by atoms with E-state index in [1.54, 1.807) is 6.92 Å². The molecule has 1 aliphatic heterocycles. The maximum Gasteiger partial charge on any atom is 0.407 e. The number of carbonyl (C=O) groups excluding carboxylic acids is 2. The Morgan fingerprint density at radius 3 is 2.38 bits per heavy atom. The van der Waals surface area contributed by atoms with Crippen molar-refractivity contribution in [3.63, 3.8) is 0 Å². The van der Waals surface area contributed by atoms with Crippen LogP contribution >= 0.6 is 11.8 Å². The maximum absolute atomic E-state index is 12.6. The number of nitrogens with zero attached hydrogens (tertiary/aromatic N) is 1. The first-order valence-electron chi connectivity index (χ1n) is 10.7. The van der Waals surface area contributed by atoms with Crippen molar-refractivity contribution in [1.29, 1.82) is 0 Å². The molecule has 0 aromatic heterocycles. The molecule has 1 aliphatic carbocycles. The van der Waals surface area contributed by atoms with Crippen LogP contribution in [0, 0.1) is 0 Å². The van der Waals surface area contributed by atoms with E-state index in [2.05, 4.69) is 29.6 Å². The van der Waals surface area contributed by atoms with Crippen LogP contribution in [0.4, 0.5) is 4.79 Å². The Labute approximate surface area is 191 Å². The van der Waals surface area contributed by atoms with Crippen LogP contribution in [0.25, 0.3) is 11.1 Å². The first kappa shape index (κ1) is 22.2. The molecular formula is C24H26N2O5S. The van der Waals surface area contributed by atoms with Crippen LogP contribution in [-0.2, 0) is 14.3 Å². The molecule has 7 nitrogen and oxygen atoms in total. The fourth-order valence-electron chi connectivity index (χ4n) is 4.38. The molecule has 1 unspecified atom stereocenters. The van der Waals surface area contributed by atoms with E-state index in [1.807, 2.05) is 24.3 Å².